The van der Waals surface area contributed by atoms with Crippen LogP contribution in [-0.4, -0.2) is 10.7 Å². The number of hydrogen-bond donors (Lipinski definition) is 1. The lowest BCUT2D eigenvalue weighted by atomic mass is 10.0. The van der Waals surface area contributed by atoms with E-state index in [0.29, 0.717) is 17.5 Å². The van der Waals surface area contributed by atoms with E-state index < -0.39 is 5.60 Å². The number of benzene rings is 1. The smallest absolute Gasteiger partial charge is 0.130 e. The Labute approximate surface area is 91.1 Å². The summed E-state index contributed by atoms with van der Waals surface area (Å²) in [5, 5.41) is 9.73. The Morgan fingerprint density at radius 2 is 2.14 bits per heavy atom. The average Bonchev–Trinajstić information content (AvgIpc) is 2.86. The molecule has 0 aromatic heterocycles. The van der Waals surface area contributed by atoms with Crippen LogP contribution in [0.4, 0.5) is 4.39 Å². The molecule has 1 aliphatic rings. The fourth-order valence-corrected chi connectivity index (χ4v) is 1.97. The fraction of sp³-hybridized carbons (Fsp3) is 0.455. The van der Waals surface area contributed by atoms with Gasteiger partial charge < -0.3 is 5.11 Å². The Hall–Kier alpha value is -0.410. The summed E-state index contributed by atoms with van der Waals surface area (Å²) in [6, 6.07) is 3.57. The minimum Gasteiger partial charge on any atom is -0.390 e. The first-order valence-electron chi connectivity index (χ1n) is 4.68. The number of rotatable bonds is 2. The maximum absolute atomic E-state index is 13.7. The molecule has 0 spiro atoms. The minimum absolute atomic E-state index is 0.195. The zero-order valence-electron chi connectivity index (χ0n) is 7.98. The number of halogens is 2. The molecule has 2 rings (SSSR count). The first-order valence-corrected chi connectivity index (χ1v) is 5.47. The first kappa shape index (κ1) is 10.1. The molecule has 1 fully saturated rings. The summed E-state index contributed by atoms with van der Waals surface area (Å²) in [6.45, 7) is 1.74. The third-order valence-electron chi connectivity index (χ3n) is 2.71. The second-order valence-electron chi connectivity index (χ2n) is 4.06. The molecule has 1 aliphatic carbocycles. The Morgan fingerprint density at radius 3 is 2.71 bits per heavy atom. The summed E-state index contributed by atoms with van der Waals surface area (Å²) >= 11 is 3.31. The van der Waals surface area contributed by atoms with Crippen molar-refractivity contribution < 1.29 is 9.50 Å². The van der Waals surface area contributed by atoms with Crippen molar-refractivity contribution in [2.45, 2.75) is 31.8 Å². The van der Waals surface area contributed by atoms with Crippen LogP contribution in [0.3, 0.4) is 0 Å². The molecular formula is C11H12BrFO. The summed E-state index contributed by atoms with van der Waals surface area (Å²) in [6.07, 6.45) is 1.99. The van der Waals surface area contributed by atoms with Crippen molar-refractivity contribution in [3.05, 3.63) is 33.5 Å². The summed E-state index contributed by atoms with van der Waals surface area (Å²) in [5.74, 6) is -0.195. The SMILES string of the molecule is Cc1ccc(Br)c(CC2(O)CC2)c1F. The highest BCUT2D eigenvalue weighted by molar-refractivity contribution is 9.10. The molecule has 1 aromatic carbocycles. The Bertz CT molecular complexity index is 372. The monoisotopic (exact) mass is 258 g/mol. The van der Waals surface area contributed by atoms with Crippen LogP contribution in [0.1, 0.15) is 24.0 Å². The van der Waals surface area contributed by atoms with E-state index >= 15 is 0 Å². The van der Waals surface area contributed by atoms with Crippen molar-refractivity contribution in [3.63, 3.8) is 0 Å². The van der Waals surface area contributed by atoms with E-state index in [1.165, 1.54) is 0 Å². The van der Waals surface area contributed by atoms with Crippen LogP contribution in [0.5, 0.6) is 0 Å². The lowest BCUT2D eigenvalue weighted by molar-refractivity contribution is 0.149. The van der Waals surface area contributed by atoms with Gasteiger partial charge in [-0.25, -0.2) is 4.39 Å². The van der Waals surface area contributed by atoms with E-state index in [4.69, 9.17) is 0 Å². The molecule has 14 heavy (non-hydrogen) atoms. The molecule has 1 saturated carbocycles. The van der Waals surface area contributed by atoms with Gasteiger partial charge in [0.05, 0.1) is 5.60 Å². The molecule has 0 saturated heterocycles. The van der Waals surface area contributed by atoms with Gasteiger partial charge in [0.1, 0.15) is 5.82 Å². The Kier molecular flexibility index (Phi) is 2.40. The summed E-state index contributed by atoms with van der Waals surface area (Å²) < 4.78 is 14.4. The molecule has 0 atom stereocenters. The van der Waals surface area contributed by atoms with E-state index in [1.54, 1.807) is 13.0 Å². The highest BCUT2D eigenvalue weighted by atomic mass is 79.9. The fourth-order valence-electron chi connectivity index (χ4n) is 1.53. The average molecular weight is 259 g/mol. The standard InChI is InChI=1S/C11H12BrFO/c1-7-2-3-9(12)8(10(7)13)6-11(14)4-5-11/h2-3,14H,4-6H2,1H3. The van der Waals surface area contributed by atoms with Crippen LogP contribution >= 0.6 is 15.9 Å². The maximum Gasteiger partial charge on any atom is 0.130 e. The highest BCUT2D eigenvalue weighted by Gasteiger charge is 2.41. The topological polar surface area (TPSA) is 20.2 Å². The lowest BCUT2D eigenvalue weighted by Crippen LogP contribution is -2.13. The Morgan fingerprint density at radius 1 is 1.50 bits per heavy atom. The van der Waals surface area contributed by atoms with Crippen molar-refractivity contribution >= 4 is 15.9 Å². The molecule has 1 N–H and O–H groups in total. The highest BCUT2D eigenvalue weighted by Crippen LogP contribution is 2.40. The molecule has 0 bridgehead atoms. The van der Waals surface area contributed by atoms with Crippen LogP contribution in [0.15, 0.2) is 16.6 Å². The third kappa shape index (κ3) is 1.84. The molecule has 0 aliphatic heterocycles. The van der Waals surface area contributed by atoms with E-state index in [1.807, 2.05) is 6.07 Å². The molecule has 0 radical (unpaired) electrons. The van der Waals surface area contributed by atoms with Gasteiger partial charge in [0.2, 0.25) is 0 Å². The van der Waals surface area contributed by atoms with Crippen LogP contribution in [0.2, 0.25) is 0 Å². The molecule has 0 unspecified atom stereocenters. The molecule has 1 aromatic rings. The normalized spacial score (nSPS) is 18.3. The predicted molar refractivity (Wildman–Crippen MR) is 56.7 cm³/mol. The summed E-state index contributed by atoms with van der Waals surface area (Å²) in [7, 11) is 0. The van der Waals surface area contributed by atoms with Crippen LogP contribution in [0.25, 0.3) is 0 Å². The van der Waals surface area contributed by atoms with E-state index in [0.717, 1.165) is 17.3 Å². The van der Waals surface area contributed by atoms with E-state index in [9.17, 15) is 9.50 Å². The van der Waals surface area contributed by atoms with Crippen LogP contribution < -0.4 is 0 Å². The van der Waals surface area contributed by atoms with Crippen molar-refractivity contribution in [2.24, 2.45) is 0 Å². The van der Waals surface area contributed by atoms with Gasteiger partial charge in [-0.15, -0.1) is 0 Å². The molecule has 0 heterocycles. The van der Waals surface area contributed by atoms with E-state index in [-0.39, 0.29) is 5.82 Å². The second-order valence-corrected chi connectivity index (χ2v) is 4.91. The number of aryl methyl sites for hydroxylation is 1. The first-order chi connectivity index (χ1) is 6.52. The van der Waals surface area contributed by atoms with Gasteiger partial charge >= 0.3 is 0 Å². The lowest BCUT2D eigenvalue weighted by Gasteiger charge is -2.11. The third-order valence-corrected chi connectivity index (χ3v) is 3.46. The molecular weight excluding hydrogens is 247 g/mol. The second kappa shape index (κ2) is 3.31. The van der Waals surface area contributed by atoms with Gasteiger partial charge in [-0.3, -0.25) is 0 Å². The van der Waals surface area contributed by atoms with E-state index in [2.05, 4.69) is 15.9 Å². The zero-order valence-corrected chi connectivity index (χ0v) is 9.57. The van der Waals surface area contributed by atoms with Crippen LogP contribution in [-0.2, 0) is 6.42 Å². The minimum atomic E-state index is -0.642. The maximum atomic E-state index is 13.7. The van der Waals surface area contributed by atoms with Crippen molar-refractivity contribution in [3.8, 4) is 0 Å². The summed E-state index contributed by atoms with van der Waals surface area (Å²) in [5.41, 5.74) is 0.592. The quantitative estimate of drug-likeness (QED) is 0.865. The van der Waals surface area contributed by atoms with Gasteiger partial charge in [-0.2, -0.15) is 0 Å². The van der Waals surface area contributed by atoms with Crippen molar-refractivity contribution in [1.82, 2.24) is 0 Å². The molecule has 0 amide bonds. The van der Waals surface area contributed by atoms with Gasteiger partial charge in [0.15, 0.2) is 0 Å². The molecule has 3 heteroatoms. The van der Waals surface area contributed by atoms with Gasteiger partial charge in [-0.1, -0.05) is 22.0 Å². The van der Waals surface area contributed by atoms with Crippen molar-refractivity contribution in [1.29, 1.82) is 0 Å². The van der Waals surface area contributed by atoms with Gasteiger partial charge in [0, 0.05) is 16.5 Å². The Balaban J connectivity index is 2.35. The van der Waals surface area contributed by atoms with Crippen LogP contribution in [0, 0.1) is 12.7 Å². The zero-order chi connectivity index (χ0) is 10.3. The predicted octanol–water partition coefficient (Wildman–Crippen LogP) is 2.96. The van der Waals surface area contributed by atoms with Gasteiger partial charge in [-0.05, 0) is 31.4 Å². The largest absolute Gasteiger partial charge is 0.390 e. The number of aliphatic hydroxyl groups is 1. The molecule has 76 valence electrons. The van der Waals surface area contributed by atoms with Gasteiger partial charge in [0.25, 0.3) is 0 Å². The number of hydrogen-bond acceptors (Lipinski definition) is 1. The summed E-state index contributed by atoms with van der Waals surface area (Å²) in [4.78, 5) is 0. The van der Waals surface area contributed by atoms with Crippen molar-refractivity contribution in [2.75, 3.05) is 0 Å². The molecule has 1 nitrogen and oxygen atoms in total.